The molecule has 0 N–H and O–H groups in total. The number of rotatable bonds is 1. The lowest BCUT2D eigenvalue weighted by Crippen LogP contribution is -2.35. The maximum absolute atomic E-state index is 4.69. The molecule has 3 aliphatic rings. The summed E-state index contributed by atoms with van der Waals surface area (Å²) >= 11 is 0. The van der Waals surface area contributed by atoms with Crippen molar-refractivity contribution in [3.8, 4) is 0 Å². The van der Waals surface area contributed by atoms with Crippen molar-refractivity contribution >= 4 is 17.2 Å². The minimum atomic E-state index is -0.0448. The van der Waals surface area contributed by atoms with Crippen molar-refractivity contribution in [3.05, 3.63) is 65.5 Å². The molecular weight excluding hydrogens is 342 g/mol. The average molecular weight is 373 g/mol. The molecule has 1 aromatic heterocycles. The van der Waals surface area contributed by atoms with E-state index in [-0.39, 0.29) is 10.8 Å². The maximum Gasteiger partial charge on any atom is 0.327 e. The van der Waals surface area contributed by atoms with E-state index < -0.39 is 0 Å². The van der Waals surface area contributed by atoms with Crippen LogP contribution in [-0.2, 0) is 10.8 Å². The van der Waals surface area contributed by atoms with Crippen molar-refractivity contribution in [3.63, 3.8) is 0 Å². The molecule has 0 unspecified atom stereocenters. The molecule has 0 atom stereocenters. The number of anilines is 1. The molecule has 1 aromatic carbocycles. The van der Waals surface area contributed by atoms with Gasteiger partial charge in [0.25, 0.3) is 0 Å². The average Bonchev–Trinajstić information content (AvgIpc) is 3.05. The van der Waals surface area contributed by atoms with Gasteiger partial charge in [-0.1, -0.05) is 37.5 Å². The molecule has 0 bridgehead atoms. The van der Waals surface area contributed by atoms with Gasteiger partial charge in [0.15, 0.2) is 0 Å². The second-order valence-electron chi connectivity index (χ2n) is 9.19. The van der Waals surface area contributed by atoms with Crippen LogP contribution in [0.1, 0.15) is 57.1 Å². The zero-order valence-corrected chi connectivity index (χ0v) is 17.5. The van der Waals surface area contributed by atoms with Crippen molar-refractivity contribution in [1.82, 2.24) is 4.98 Å². The van der Waals surface area contributed by atoms with Crippen molar-refractivity contribution in [2.24, 2.45) is 0 Å². The quantitative estimate of drug-likeness (QED) is 0.631. The largest absolute Gasteiger partial charge is 0.347 e. The summed E-state index contributed by atoms with van der Waals surface area (Å²) < 4.78 is 2.30. The third-order valence-electron chi connectivity index (χ3n) is 7.39. The predicted octanol–water partition coefficient (Wildman–Crippen LogP) is 5.32. The first-order valence-electron chi connectivity index (χ1n) is 10.6. The van der Waals surface area contributed by atoms with E-state index in [1.807, 2.05) is 6.20 Å². The number of benzene rings is 1. The molecular formula is C25H30N3+. The Labute approximate surface area is 168 Å². The molecule has 1 aliphatic carbocycles. The second-order valence-corrected chi connectivity index (χ2v) is 9.19. The summed E-state index contributed by atoms with van der Waals surface area (Å²) in [5.41, 5.74) is 7.16. The van der Waals surface area contributed by atoms with E-state index in [4.69, 9.17) is 0 Å². The van der Waals surface area contributed by atoms with E-state index in [2.05, 4.69) is 84.9 Å². The van der Waals surface area contributed by atoms with Crippen molar-refractivity contribution in [2.75, 3.05) is 19.0 Å². The summed E-state index contributed by atoms with van der Waals surface area (Å²) in [6.07, 6.45) is 10.9. The van der Waals surface area contributed by atoms with Gasteiger partial charge in [-0.2, -0.15) is 0 Å². The highest BCUT2D eigenvalue weighted by atomic mass is 15.2. The standard InChI is InChI=1S/C25H30N3/c1-24(2)19-12-10-16-26-23(19)28(4)21(24)17-22-25(14-8-5-9-15-25)18-11-6-7-13-20(18)27(22)3/h6-7,10-13,16-17H,5,8-9,14-15H2,1-4H3/q+1. The highest BCUT2D eigenvalue weighted by Gasteiger charge is 2.49. The molecule has 2 aromatic rings. The van der Waals surface area contributed by atoms with Crippen molar-refractivity contribution < 1.29 is 4.58 Å². The van der Waals surface area contributed by atoms with Crippen LogP contribution in [0.3, 0.4) is 0 Å². The van der Waals surface area contributed by atoms with Gasteiger partial charge >= 0.3 is 5.82 Å². The monoisotopic (exact) mass is 372 g/mol. The molecule has 28 heavy (non-hydrogen) atoms. The predicted molar refractivity (Wildman–Crippen MR) is 116 cm³/mol. The van der Waals surface area contributed by atoms with Gasteiger partial charge in [0, 0.05) is 29.9 Å². The number of hydrogen-bond acceptors (Lipinski definition) is 2. The minimum absolute atomic E-state index is 0.0448. The summed E-state index contributed by atoms with van der Waals surface area (Å²) in [6, 6.07) is 13.3. The Kier molecular flexibility index (Phi) is 3.81. The van der Waals surface area contributed by atoms with Crippen LogP contribution in [0.5, 0.6) is 0 Å². The van der Waals surface area contributed by atoms with Gasteiger partial charge in [-0.3, -0.25) is 0 Å². The van der Waals surface area contributed by atoms with E-state index in [0.717, 1.165) is 5.82 Å². The third-order valence-corrected chi connectivity index (χ3v) is 7.39. The van der Waals surface area contributed by atoms with Crippen molar-refractivity contribution in [1.29, 1.82) is 0 Å². The molecule has 0 saturated heterocycles. The molecule has 144 valence electrons. The molecule has 0 amide bonds. The highest BCUT2D eigenvalue weighted by Crippen LogP contribution is 2.55. The molecule has 2 aliphatic heterocycles. The van der Waals surface area contributed by atoms with E-state index in [9.17, 15) is 0 Å². The van der Waals surface area contributed by atoms with Crippen LogP contribution < -0.4 is 4.90 Å². The minimum Gasteiger partial charge on any atom is -0.347 e. The Balaban J connectivity index is 1.71. The highest BCUT2D eigenvalue weighted by molar-refractivity contribution is 6.04. The fourth-order valence-electron chi connectivity index (χ4n) is 5.91. The van der Waals surface area contributed by atoms with E-state index in [1.54, 1.807) is 0 Å². The molecule has 1 saturated carbocycles. The van der Waals surface area contributed by atoms with Gasteiger partial charge in [-0.05, 0) is 55.4 Å². The number of aromatic nitrogens is 1. The Hall–Kier alpha value is -2.42. The maximum atomic E-state index is 4.69. The zero-order chi connectivity index (χ0) is 19.5. The van der Waals surface area contributed by atoms with Crippen LogP contribution in [0.4, 0.5) is 11.5 Å². The van der Waals surface area contributed by atoms with Crippen LogP contribution in [0.25, 0.3) is 0 Å². The molecule has 5 rings (SSSR count). The first-order valence-corrected chi connectivity index (χ1v) is 10.6. The number of nitrogens with zero attached hydrogens (tertiary/aromatic N) is 3. The van der Waals surface area contributed by atoms with E-state index in [1.165, 1.54) is 60.3 Å². The Morgan fingerprint density at radius 2 is 1.71 bits per heavy atom. The summed E-state index contributed by atoms with van der Waals surface area (Å²) in [5.74, 6) is 1.09. The topological polar surface area (TPSA) is 19.1 Å². The number of likely N-dealkylation sites (N-methyl/N-ethyl adjacent to an activating group) is 1. The first-order chi connectivity index (χ1) is 13.5. The SMILES string of the molecule is CN1C(=CC2=[N+](C)c3ncccc3C2(C)C)C2(CCCCC2)c2ccccc21. The Morgan fingerprint density at radius 1 is 1.00 bits per heavy atom. The lowest BCUT2D eigenvalue weighted by Gasteiger charge is -2.36. The summed E-state index contributed by atoms with van der Waals surface area (Å²) in [4.78, 5) is 7.14. The molecule has 3 nitrogen and oxygen atoms in total. The van der Waals surface area contributed by atoms with Crippen molar-refractivity contribution in [2.45, 2.75) is 56.8 Å². The van der Waals surface area contributed by atoms with Gasteiger partial charge < -0.3 is 4.90 Å². The smallest absolute Gasteiger partial charge is 0.327 e. The molecule has 1 fully saturated rings. The van der Waals surface area contributed by atoms with Crippen LogP contribution in [0.15, 0.2) is 54.4 Å². The van der Waals surface area contributed by atoms with Crippen LogP contribution in [-0.4, -0.2) is 29.4 Å². The number of para-hydroxylation sites is 1. The van der Waals surface area contributed by atoms with Gasteiger partial charge in [-0.25, -0.2) is 4.58 Å². The van der Waals surface area contributed by atoms with Gasteiger partial charge in [-0.15, -0.1) is 0 Å². The van der Waals surface area contributed by atoms with E-state index >= 15 is 0 Å². The first kappa shape index (κ1) is 17.7. The molecule has 3 heteroatoms. The van der Waals surface area contributed by atoms with E-state index in [0.29, 0.717) is 0 Å². The normalized spacial score (nSPS) is 23.4. The third kappa shape index (κ3) is 2.22. The van der Waals surface area contributed by atoms with Gasteiger partial charge in [0.05, 0.1) is 18.0 Å². The number of allylic oxidation sites excluding steroid dienone is 2. The lowest BCUT2D eigenvalue weighted by atomic mass is 9.68. The Morgan fingerprint density at radius 3 is 2.46 bits per heavy atom. The fourth-order valence-corrected chi connectivity index (χ4v) is 5.91. The number of hydrogen-bond donors (Lipinski definition) is 0. The number of pyridine rings is 1. The van der Waals surface area contributed by atoms with Gasteiger partial charge in [0.2, 0.25) is 0 Å². The molecule has 0 radical (unpaired) electrons. The Bertz CT molecular complexity index is 1010. The molecule has 1 spiro atoms. The zero-order valence-electron chi connectivity index (χ0n) is 17.5. The lowest BCUT2D eigenvalue weighted by molar-refractivity contribution is -0.406. The molecule has 3 heterocycles. The van der Waals surface area contributed by atoms with Crippen LogP contribution >= 0.6 is 0 Å². The summed E-state index contributed by atoms with van der Waals surface area (Å²) in [5, 5.41) is 0. The number of fused-ring (bicyclic) bond motifs is 3. The van der Waals surface area contributed by atoms with Crippen LogP contribution in [0, 0.1) is 0 Å². The summed E-state index contributed by atoms with van der Waals surface area (Å²) in [7, 11) is 4.42. The van der Waals surface area contributed by atoms with Crippen LogP contribution in [0.2, 0.25) is 0 Å². The fraction of sp³-hybridized carbons (Fsp3) is 0.440. The van der Waals surface area contributed by atoms with Gasteiger partial charge in [0.1, 0.15) is 11.9 Å². The summed E-state index contributed by atoms with van der Waals surface area (Å²) in [6.45, 7) is 4.66. The second kappa shape index (κ2) is 6.04.